The van der Waals surface area contributed by atoms with Gasteiger partial charge in [0.15, 0.2) is 17.1 Å². The number of fused-ring (bicyclic) bond motifs is 5. The second kappa shape index (κ2) is 17.1. The number of carbonyl (C=O) groups is 1. The summed E-state index contributed by atoms with van der Waals surface area (Å²) in [6.45, 7) is 35.6. The zero-order valence-electron chi connectivity index (χ0n) is 44.0. The maximum atomic E-state index is 12.8. The number of carbonyl (C=O) groups excluding carboxylic acids is 1. The molecule has 6 heteroatoms. The summed E-state index contributed by atoms with van der Waals surface area (Å²) >= 11 is 0. The largest absolute Gasteiger partial charge is 0.512 e. The smallest absolute Gasteiger partial charge is 0.176 e. The Labute approximate surface area is 376 Å². The first-order valence-electron chi connectivity index (χ1n) is 23.7. The van der Waals surface area contributed by atoms with Gasteiger partial charge in [0.1, 0.15) is 11.3 Å². The first kappa shape index (κ1) is 40.9. The molecule has 59 heavy (non-hydrogen) atoms. The van der Waals surface area contributed by atoms with Crippen molar-refractivity contribution < 1.29 is 46.0 Å². The quantitative estimate of drug-likeness (QED) is 0.0905. The number of furan rings is 1. The van der Waals surface area contributed by atoms with E-state index < -0.39 is 10.8 Å². The molecule has 0 amide bonds. The van der Waals surface area contributed by atoms with Crippen LogP contribution in [-0.4, -0.2) is 23.0 Å². The van der Waals surface area contributed by atoms with Gasteiger partial charge in [-0.05, 0) is 70.5 Å². The number of benzene rings is 3. The fraction of sp³-hybridized carbons (Fsp3) is 0.547. The summed E-state index contributed by atoms with van der Waals surface area (Å²) in [7, 11) is 1.68. The molecule has 1 radical (unpaired) electrons. The van der Waals surface area contributed by atoms with Crippen molar-refractivity contribution in [3.63, 3.8) is 0 Å². The van der Waals surface area contributed by atoms with Gasteiger partial charge in [0.25, 0.3) is 0 Å². The average molecular weight is 984 g/mol. The molecule has 3 aromatic carbocycles. The molecule has 2 aromatic heterocycles. The minimum atomic E-state index is -0.599. The van der Waals surface area contributed by atoms with Crippen LogP contribution in [0.1, 0.15) is 154 Å². The van der Waals surface area contributed by atoms with Gasteiger partial charge < -0.3 is 14.3 Å². The summed E-state index contributed by atoms with van der Waals surface area (Å²) < 4.78 is 56.0. The summed E-state index contributed by atoms with van der Waals surface area (Å²) in [6.07, 6.45) is 5.28. The number of methoxy groups -OCH3 is 1. The summed E-state index contributed by atoms with van der Waals surface area (Å²) in [5, 5.41) is 13.0. The first-order valence-corrected chi connectivity index (χ1v) is 21.2. The second-order valence-corrected chi connectivity index (χ2v) is 20.7. The van der Waals surface area contributed by atoms with Crippen molar-refractivity contribution in [3.05, 3.63) is 83.1 Å². The Bertz CT molecular complexity index is 2610. The van der Waals surface area contributed by atoms with Crippen LogP contribution < -0.4 is 4.74 Å². The molecular weight excluding hydrogens is 907 g/mol. The molecule has 0 unspecified atom stereocenters. The number of nitrogens with zero attached hydrogens (tertiary/aromatic N) is 1. The SMILES string of the molecule is CC(C)C(C)(C(=O)/C=C(\O)C(C)(C(C)C)C(C)C)C(C)C.[2H]c1c([2H])c([2H])c2c(C(C)(C)C)c([2H])c(-c3nccc4c3oc3c(OC)c5c(cc34)C(C)(C)CCC5(C)C)[c-]c2c1[2H].[Ir]. The number of aromatic nitrogens is 1. The third-order valence-corrected chi connectivity index (χ3v) is 14.2. The van der Waals surface area contributed by atoms with Crippen LogP contribution in [0.15, 0.2) is 64.8 Å². The van der Waals surface area contributed by atoms with Crippen LogP contribution in [-0.2, 0) is 41.1 Å². The number of ether oxygens (including phenoxy) is 1. The van der Waals surface area contributed by atoms with Crippen molar-refractivity contribution in [3.8, 4) is 17.0 Å². The Kier molecular flexibility index (Phi) is 11.9. The fourth-order valence-corrected chi connectivity index (χ4v) is 8.82. The Balaban J connectivity index is 0.000000349. The molecule has 5 aromatic rings. The molecule has 0 spiro atoms. The van der Waals surface area contributed by atoms with Gasteiger partial charge in [0.2, 0.25) is 0 Å². The van der Waals surface area contributed by atoms with Crippen LogP contribution >= 0.6 is 0 Å². The Hall–Kier alpha value is -3.47. The molecule has 1 aliphatic carbocycles. The molecule has 0 saturated carbocycles. The normalized spacial score (nSPS) is 17.0. The number of hydrogen-bond donors (Lipinski definition) is 1. The Morgan fingerprint density at radius 1 is 0.864 bits per heavy atom. The molecule has 1 N–H and O–H groups in total. The van der Waals surface area contributed by atoms with Crippen molar-refractivity contribution in [1.82, 2.24) is 4.98 Å². The van der Waals surface area contributed by atoms with Gasteiger partial charge in [-0.25, -0.2) is 0 Å². The van der Waals surface area contributed by atoms with E-state index >= 15 is 0 Å². The Morgan fingerprint density at radius 3 is 1.97 bits per heavy atom. The molecule has 0 bridgehead atoms. The minimum absolute atomic E-state index is 0. The van der Waals surface area contributed by atoms with E-state index in [0.29, 0.717) is 33.4 Å². The summed E-state index contributed by atoms with van der Waals surface area (Å²) in [5.41, 5.74) is 3.24. The minimum Gasteiger partial charge on any atom is -0.512 e. The molecular formula is C53H72IrNO4-. The molecule has 6 rings (SSSR count). The van der Waals surface area contributed by atoms with Crippen LogP contribution in [0.2, 0.25) is 0 Å². The topological polar surface area (TPSA) is 72.6 Å². The number of rotatable bonds is 9. The van der Waals surface area contributed by atoms with Crippen LogP contribution in [0.25, 0.3) is 44.0 Å². The standard InChI is InChI=1S/C34H36NO2.C19H36O2.Ir/c1-32(2,3)25-18-21(17-20-11-9-10-12-22(20)25)28-29-23(13-16-35-28)24-19-26-27(31(36-8)30(24)37-29)34(6,7)15-14-33(26,4)5;1-12(2)18(9,13(3)4)16(20)11-17(21)19(10,14(5)6)15(7)8;/h9-13,16,18-19H,14-15H2,1-8H3;11-15,20H,1-10H3;/q-1;;/b;16-11-;/i9D,10D,11D,12D,18D;;. The van der Waals surface area contributed by atoms with Crippen molar-refractivity contribution in [2.45, 2.75) is 147 Å². The molecule has 0 fully saturated rings. The zero-order valence-corrected chi connectivity index (χ0v) is 41.4. The van der Waals surface area contributed by atoms with Crippen molar-refractivity contribution in [1.29, 1.82) is 0 Å². The molecule has 0 aliphatic heterocycles. The van der Waals surface area contributed by atoms with Gasteiger partial charge in [-0.2, -0.15) is 0 Å². The monoisotopic (exact) mass is 985 g/mol. The van der Waals surface area contributed by atoms with Gasteiger partial charge in [-0.1, -0.05) is 147 Å². The van der Waals surface area contributed by atoms with Crippen molar-refractivity contribution in [2.24, 2.45) is 34.5 Å². The van der Waals surface area contributed by atoms with Gasteiger partial charge >= 0.3 is 0 Å². The molecule has 5 nitrogen and oxygen atoms in total. The van der Waals surface area contributed by atoms with Crippen molar-refractivity contribution in [2.75, 3.05) is 7.11 Å². The molecule has 2 heterocycles. The third kappa shape index (κ3) is 8.57. The number of hydrogen-bond acceptors (Lipinski definition) is 5. The number of aliphatic hydroxyl groups excluding tert-OH is 1. The van der Waals surface area contributed by atoms with E-state index in [1.165, 1.54) is 11.6 Å². The summed E-state index contributed by atoms with van der Waals surface area (Å²) in [6, 6.07) is 6.46. The van der Waals surface area contributed by atoms with Gasteiger partial charge in [0.05, 0.1) is 11.2 Å². The van der Waals surface area contributed by atoms with E-state index in [4.69, 9.17) is 14.6 Å². The predicted octanol–water partition coefficient (Wildman–Crippen LogP) is 14.9. The van der Waals surface area contributed by atoms with Gasteiger partial charge in [0, 0.05) is 68.0 Å². The molecule has 1 aliphatic rings. The molecule has 323 valence electrons. The van der Waals surface area contributed by atoms with Crippen LogP contribution in [0.5, 0.6) is 5.75 Å². The fourth-order valence-electron chi connectivity index (χ4n) is 8.82. The second-order valence-electron chi connectivity index (χ2n) is 20.7. The summed E-state index contributed by atoms with van der Waals surface area (Å²) in [5.74, 6) is 2.00. The number of allylic oxidation sites excluding steroid dienone is 2. The molecule has 0 saturated heterocycles. The van der Waals surface area contributed by atoms with E-state index in [9.17, 15) is 11.3 Å². The van der Waals surface area contributed by atoms with E-state index in [-0.39, 0.29) is 107 Å². The maximum absolute atomic E-state index is 12.8. The van der Waals surface area contributed by atoms with E-state index in [0.717, 1.165) is 34.9 Å². The maximum Gasteiger partial charge on any atom is 0.176 e. The van der Waals surface area contributed by atoms with Crippen LogP contribution in [0, 0.1) is 40.6 Å². The van der Waals surface area contributed by atoms with E-state index in [1.807, 2.05) is 40.7 Å². The number of aliphatic hydroxyl groups is 1. The van der Waals surface area contributed by atoms with Crippen LogP contribution in [0.4, 0.5) is 0 Å². The van der Waals surface area contributed by atoms with Gasteiger partial charge in [-0.15, -0.1) is 29.1 Å². The average Bonchev–Trinajstić information content (AvgIpc) is 3.57. The first-order chi connectivity index (χ1) is 28.8. The van der Waals surface area contributed by atoms with E-state index in [1.54, 1.807) is 13.3 Å². The van der Waals surface area contributed by atoms with Gasteiger partial charge in [-0.3, -0.25) is 9.78 Å². The predicted molar refractivity (Wildman–Crippen MR) is 245 cm³/mol. The third-order valence-electron chi connectivity index (χ3n) is 14.2. The van der Waals surface area contributed by atoms with Crippen molar-refractivity contribution >= 4 is 38.5 Å². The van der Waals surface area contributed by atoms with E-state index in [2.05, 4.69) is 100 Å². The van der Waals surface area contributed by atoms with Crippen LogP contribution in [0.3, 0.4) is 0 Å². The number of ketones is 1. The summed E-state index contributed by atoms with van der Waals surface area (Å²) in [4.78, 5) is 17.5. The Morgan fingerprint density at radius 2 is 1.42 bits per heavy atom. The zero-order chi connectivity index (χ0) is 47.9. The number of pyridine rings is 1. The molecule has 0 atom stereocenters.